The first-order valence-electron chi connectivity index (χ1n) is 5.62. The number of aromatic nitrogens is 1. The third-order valence-electron chi connectivity index (χ3n) is 2.60. The summed E-state index contributed by atoms with van der Waals surface area (Å²) in [4.78, 5) is 4.40. The lowest BCUT2D eigenvalue weighted by Gasteiger charge is -2.02. The van der Waals surface area contributed by atoms with Gasteiger partial charge in [0.2, 0.25) is 0 Å². The average molecular weight is 292 g/mol. The van der Waals surface area contributed by atoms with Crippen LogP contribution in [0.2, 0.25) is 5.02 Å². The summed E-state index contributed by atoms with van der Waals surface area (Å²) in [6, 6.07) is 13.0. The minimum atomic E-state index is 0.599. The summed E-state index contributed by atoms with van der Waals surface area (Å²) in [5.74, 6) is 1.52. The molecule has 96 valence electrons. The molecule has 3 aromatic rings. The summed E-state index contributed by atoms with van der Waals surface area (Å²) in [5.41, 5.74) is 0.887. The molecule has 0 aliphatic rings. The van der Waals surface area contributed by atoms with Gasteiger partial charge in [0.25, 0.3) is 5.19 Å². The minimum absolute atomic E-state index is 0.599. The van der Waals surface area contributed by atoms with Gasteiger partial charge in [-0.3, -0.25) is 0 Å². The predicted octanol–water partition coefficient (Wildman–Crippen LogP) is 4.75. The monoisotopic (exact) mass is 291 g/mol. The fourth-order valence-corrected chi connectivity index (χ4v) is 2.78. The number of benzene rings is 2. The molecule has 3 rings (SSSR count). The Bertz CT molecular complexity index is 709. The van der Waals surface area contributed by atoms with Crippen LogP contribution in [0.3, 0.4) is 0 Å². The highest BCUT2D eigenvalue weighted by molar-refractivity contribution is 7.20. The van der Waals surface area contributed by atoms with Crippen LogP contribution in [0.25, 0.3) is 10.2 Å². The van der Waals surface area contributed by atoms with Crippen molar-refractivity contribution < 1.29 is 9.47 Å². The van der Waals surface area contributed by atoms with E-state index in [1.807, 2.05) is 42.5 Å². The van der Waals surface area contributed by atoms with Gasteiger partial charge < -0.3 is 9.47 Å². The van der Waals surface area contributed by atoms with E-state index < -0.39 is 0 Å². The van der Waals surface area contributed by atoms with Gasteiger partial charge in [0.15, 0.2) is 0 Å². The molecule has 0 spiro atoms. The van der Waals surface area contributed by atoms with Crippen molar-refractivity contribution >= 4 is 33.2 Å². The van der Waals surface area contributed by atoms with E-state index >= 15 is 0 Å². The zero-order valence-corrected chi connectivity index (χ0v) is 11.7. The Morgan fingerprint density at radius 3 is 2.53 bits per heavy atom. The molecule has 5 heteroatoms. The van der Waals surface area contributed by atoms with Gasteiger partial charge in [-0.2, -0.15) is 0 Å². The van der Waals surface area contributed by atoms with E-state index in [0.29, 0.717) is 10.2 Å². The van der Waals surface area contributed by atoms with E-state index in [1.165, 1.54) is 11.3 Å². The Morgan fingerprint density at radius 2 is 1.79 bits per heavy atom. The number of ether oxygens (including phenoxy) is 2. The summed E-state index contributed by atoms with van der Waals surface area (Å²) in [7, 11) is 1.63. The van der Waals surface area contributed by atoms with Crippen LogP contribution in [0.4, 0.5) is 0 Å². The van der Waals surface area contributed by atoms with E-state index in [4.69, 9.17) is 21.1 Å². The molecular formula is C14H10ClNO2S. The van der Waals surface area contributed by atoms with Crippen LogP contribution in [0.1, 0.15) is 0 Å². The van der Waals surface area contributed by atoms with Crippen molar-refractivity contribution in [3.05, 3.63) is 47.5 Å². The first kappa shape index (κ1) is 12.3. The maximum absolute atomic E-state index is 5.95. The third-order valence-corrected chi connectivity index (χ3v) is 3.73. The molecule has 0 bridgehead atoms. The second kappa shape index (κ2) is 5.07. The minimum Gasteiger partial charge on any atom is -0.497 e. The molecule has 0 saturated carbocycles. The quantitative estimate of drug-likeness (QED) is 0.698. The smallest absolute Gasteiger partial charge is 0.279 e. The van der Waals surface area contributed by atoms with Gasteiger partial charge in [-0.05, 0) is 42.5 Å². The number of hydrogen-bond acceptors (Lipinski definition) is 4. The molecule has 0 saturated heterocycles. The lowest BCUT2D eigenvalue weighted by molar-refractivity contribution is 0.412. The zero-order chi connectivity index (χ0) is 13.2. The lowest BCUT2D eigenvalue weighted by atomic mass is 10.3. The molecule has 0 amide bonds. The van der Waals surface area contributed by atoms with Crippen LogP contribution in [-0.4, -0.2) is 12.1 Å². The summed E-state index contributed by atoms with van der Waals surface area (Å²) < 4.78 is 11.8. The molecule has 19 heavy (non-hydrogen) atoms. The van der Waals surface area contributed by atoms with Gasteiger partial charge in [0.1, 0.15) is 11.5 Å². The fourth-order valence-electron chi connectivity index (χ4n) is 1.67. The van der Waals surface area contributed by atoms with Crippen molar-refractivity contribution in [2.75, 3.05) is 7.11 Å². The molecule has 0 radical (unpaired) electrons. The molecule has 1 aromatic heterocycles. The Hall–Kier alpha value is -1.78. The van der Waals surface area contributed by atoms with Crippen LogP contribution in [0.5, 0.6) is 16.7 Å². The summed E-state index contributed by atoms with van der Waals surface area (Å²) >= 11 is 7.41. The third kappa shape index (κ3) is 2.64. The van der Waals surface area contributed by atoms with Gasteiger partial charge >= 0.3 is 0 Å². The largest absolute Gasteiger partial charge is 0.497 e. The highest BCUT2D eigenvalue weighted by atomic mass is 35.5. The summed E-state index contributed by atoms with van der Waals surface area (Å²) in [6.45, 7) is 0. The summed E-state index contributed by atoms with van der Waals surface area (Å²) in [6.07, 6.45) is 0. The van der Waals surface area contributed by atoms with Crippen molar-refractivity contribution in [3.63, 3.8) is 0 Å². The Morgan fingerprint density at radius 1 is 1.05 bits per heavy atom. The number of thiazole rings is 1. The lowest BCUT2D eigenvalue weighted by Crippen LogP contribution is -1.84. The molecule has 0 atom stereocenters. The zero-order valence-electron chi connectivity index (χ0n) is 10.1. The molecule has 0 unspecified atom stereocenters. The van der Waals surface area contributed by atoms with Crippen LogP contribution in [0, 0.1) is 0 Å². The SMILES string of the molecule is COc1ccc(Oc2nc3ccc(Cl)cc3s2)cc1. The van der Waals surface area contributed by atoms with E-state index in [2.05, 4.69) is 4.98 Å². The molecule has 1 heterocycles. The number of methoxy groups -OCH3 is 1. The van der Waals surface area contributed by atoms with E-state index in [0.717, 1.165) is 21.7 Å². The Labute approximate surface area is 119 Å². The van der Waals surface area contributed by atoms with Crippen molar-refractivity contribution in [2.24, 2.45) is 0 Å². The Balaban J connectivity index is 1.87. The maximum Gasteiger partial charge on any atom is 0.279 e. The molecular weight excluding hydrogens is 282 g/mol. The highest BCUT2D eigenvalue weighted by Crippen LogP contribution is 2.33. The number of nitrogens with zero attached hydrogens (tertiary/aromatic N) is 1. The predicted molar refractivity (Wildman–Crippen MR) is 77.7 cm³/mol. The van der Waals surface area contributed by atoms with Crippen molar-refractivity contribution in [1.29, 1.82) is 0 Å². The van der Waals surface area contributed by atoms with Crippen molar-refractivity contribution in [2.45, 2.75) is 0 Å². The van der Waals surface area contributed by atoms with Gasteiger partial charge in [0, 0.05) is 5.02 Å². The first-order valence-corrected chi connectivity index (χ1v) is 6.82. The summed E-state index contributed by atoms with van der Waals surface area (Å²) in [5, 5.41) is 1.30. The van der Waals surface area contributed by atoms with Gasteiger partial charge in [-0.1, -0.05) is 22.9 Å². The maximum atomic E-state index is 5.95. The second-order valence-electron chi connectivity index (χ2n) is 3.87. The first-order chi connectivity index (χ1) is 9.24. The van der Waals surface area contributed by atoms with Gasteiger partial charge in [-0.25, -0.2) is 4.98 Å². The van der Waals surface area contributed by atoms with Gasteiger partial charge in [-0.15, -0.1) is 0 Å². The molecule has 3 nitrogen and oxygen atoms in total. The average Bonchev–Trinajstić information content (AvgIpc) is 2.81. The second-order valence-corrected chi connectivity index (χ2v) is 5.30. The number of hydrogen-bond donors (Lipinski definition) is 0. The molecule has 0 fully saturated rings. The van der Waals surface area contributed by atoms with E-state index in [1.54, 1.807) is 7.11 Å². The molecule has 2 aromatic carbocycles. The van der Waals surface area contributed by atoms with Crippen LogP contribution in [-0.2, 0) is 0 Å². The van der Waals surface area contributed by atoms with Crippen molar-refractivity contribution in [3.8, 4) is 16.7 Å². The number of fused-ring (bicyclic) bond motifs is 1. The topological polar surface area (TPSA) is 31.4 Å². The molecule has 0 aliphatic carbocycles. The number of rotatable bonds is 3. The Kier molecular flexibility index (Phi) is 3.27. The molecule has 0 aliphatic heterocycles. The fraction of sp³-hybridized carbons (Fsp3) is 0.0714. The molecule has 0 N–H and O–H groups in total. The van der Waals surface area contributed by atoms with Gasteiger partial charge in [0.05, 0.1) is 17.3 Å². The normalized spacial score (nSPS) is 10.6. The van der Waals surface area contributed by atoms with Crippen LogP contribution < -0.4 is 9.47 Å². The standard InChI is InChI=1S/C14H10ClNO2S/c1-17-10-3-5-11(6-4-10)18-14-16-12-7-2-9(15)8-13(12)19-14/h2-8H,1H3. The van der Waals surface area contributed by atoms with Crippen LogP contribution in [0.15, 0.2) is 42.5 Å². The number of halogens is 1. The van der Waals surface area contributed by atoms with Crippen LogP contribution >= 0.6 is 22.9 Å². The van der Waals surface area contributed by atoms with Crippen molar-refractivity contribution in [1.82, 2.24) is 4.98 Å². The van der Waals surface area contributed by atoms with E-state index in [9.17, 15) is 0 Å². The highest BCUT2D eigenvalue weighted by Gasteiger charge is 2.06. The van der Waals surface area contributed by atoms with E-state index in [-0.39, 0.29) is 0 Å².